The summed E-state index contributed by atoms with van der Waals surface area (Å²) in [6.45, 7) is 3.58. The van der Waals surface area contributed by atoms with E-state index in [-0.39, 0.29) is 18.0 Å². The second-order valence-electron chi connectivity index (χ2n) is 5.44. The average molecular weight is 311 g/mol. The molecule has 1 N–H and O–H groups in total. The number of nitrogens with one attached hydrogen (secondary N) is 1. The standard InChI is InChI=1S/C16H17N5O2/c1-10-6-4-5-7-13(10)18-14(22)9-21-16(23)15-12(8-17-21)11(2)19-20(15)3/h4-8H,9H2,1-3H3,(H,18,22). The van der Waals surface area contributed by atoms with Crippen molar-refractivity contribution in [2.24, 2.45) is 7.05 Å². The van der Waals surface area contributed by atoms with Gasteiger partial charge in [0.05, 0.1) is 11.9 Å². The maximum absolute atomic E-state index is 12.5. The van der Waals surface area contributed by atoms with E-state index < -0.39 is 0 Å². The van der Waals surface area contributed by atoms with Gasteiger partial charge >= 0.3 is 0 Å². The van der Waals surface area contributed by atoms with Gasteiger partial charge in [-0.1, -0.05) is 18.2 Å². The van der Waals surface area contributed by atoms with Crippen molar-refractivity contribution < 1.29 is 4.79 Å². The highest BCUT2D eigenvalue weighted by molar-refractivity contribution is 5.91. The zero-order valence-electron chi connectivity index (χ0n) is 13.2. The molecule has 0 aliphatic carbocycles. The second kappa shape index (κ2) is 5.68. The van der Waals surface area contributed by atoms with Crippen LogP contribution in [0, 0.1) is 13.8 Å². The Kier molecular flexibility index (Phi) is 3.69. The molecule has 0 saturated carbocycles. The van der Waals surface area contributed by atoms with Crippen molar-refractivity contribution in [3.63, 3.8) is 0 Å². The highest BCUT2D eigenvalue weighted by Gasteiger charge is 2.14. The Labute approximate surface area is 132 Å². The van der Waals surface area contributed by atoms with Crippen molar-refractivity contribution in [3.8, 4) is 0 Å². The number of carbonyl (C=O) groups is 1. The molecule has 0 radical (unpaired) electrons. The second-order valence-corrected chi connectivity index (χ2v) is 5.44. The number of hydrogen-bond acceptors (Lipinski definition) is 4. The van der Waals surface area contributed by atoms with Crippen LogP contribution >= 0.6 is 0 Å². The molecular weight excluding hydrogens is 294 g/mol. The Morgan fingerprint density at radius 1 is 1.26 bits per heavy atom. The first-order valence-electron chi connectivity index (χ1n) is 7.22. The molecule has 0 saturated heterocycles. The summed E-state index contributed by atoms with van der Waals surface area (Å²) >= 11 is 0. The molecule has 7 heteroatoms. The monoisotopic (exact) mass is 311 g/mol. The molecule has 23 heavy (non-hydrogen) atoms. The number of fused-ring (bicyclic) bond motifs is 1. The molecule has 2 aromatic heterocycles. The van der Waals surface area contributed by atoms with Gasteiger partial charge in [0.2, 0.25) is 5.91 Å². The summed E-state index contributed by atoms with van der Waals surface area (Å²) in [4.78, 5) is 24.7. The number of aryl methyl sites for hydroxylation is 3. The molecule has 1 amide bonds. The first-order chi connectivity index (χ1) is 11.0. The van der Waals surface area contributed by atoms with Gasteiger partial charge in [0, 0.05) is 18.1 Å². The molecule has 0 unspecified atom stereocenters. The molecular formula is C16H17N5O2. The van der Waals surface area contributed by atoms with Crippen molar-refractivity contribution >= 4 is 22.5 Å². The Morgan fingerprint density at radius 3 is 2.74 bits per heavy atom. The average Bonchev–Trinajstić information content (AvgIpc) is 2.79. The van der Waals surface area contributed by atoms with Crippen molar-refractivity contribution in [2.75, 3.05) is 5.32 Å². The lowest BCUT2D eigenvalue weighted by Gasteiger charge is -2.09. The molecule has 0 atom stereocenters. The maximum Gasteiger partial charge on any atom is 0.293 e. The van der Waals surface area contributed by atoms with E-state index in [2.05, 4.69) is 15.5 Å². The number of nitrogens with zero attached hydrogens (tertiary/aromatic N) is 4. The van der Waals surface area contributed by atoms with Crippen LogP contribution in [0.4, 0.5) is 5.69 Å². The van der Waals surface area contributed by atoms with Crippen molar-refractivity contribution in [2.45, 2.75) is 20.4 Å². The highest BCUT2D eigenvalue weighted by atomic mass is 16.2. The fraction of sp³-hybridized carbons (Fsp3) is 0.250. The van der Waals surface area contributed by atoms with Crippen LogP contribution in [0.1, 0.15) is 11.3 Å². The van der Waals surface area contributed by atoms with E-state index in [0.717, 1.165) is 21.6 Å². The molecule has 7 nitrogen and oxygen atoms in total. The third-order valence-corrected chi connectivity index (χ3v) is 3.74. The molecule has 0 fully saturated rings. The molecule has 0 aliphatic rings. The molecule has 3 aromatic rings. The summed E-state index contributed by atoms with van der Waals surface area (Å²) in [5, 5.41) is 11.8. The number of anilines is 1. The quantitative estimate of drug-likeness (QED) is 0.792. The van der Waals surface area contributed by atoms with E-state index in [9.17, 15) is 9.59 Å². The Hall–Kier alpha value is -2.96. The Bertz CT molecular complexity index is 955. The van der Waals surface area contributed by atoms with Crippen molar-refractivity contribution in [1.82, 2.24) is 19.6 Å². The predicted molar refractivity (Wildman–Crippen MR) is 87.3 cm³/mol. The predicted octanol–water partition coefficient (Wildman–Crippen LogP) is 1.39. The van der Waals surface area contributed by atoms with Crippen LogP contribution in [0.2, 0.25) is 0 Å². The van der Waals surface area contributed by atoms with E-state index in [1.54, 1.807) is 13.2 Å². The van der Waals surface area contributed by atoms with E-state index in [4.69, 9.17) is 0 Å². The molecule has 118 valence electrons. The van der Waals surface area contributed by atoms with Crippen LogP contribution in [0.15, 0.2) is 35.3 Å². The molecule has 0 spiro atoms. The van der Waals surface area contributed by atoms with Crippen molar-refractivity contribution in [3.05, 3.63) is 52.1 Å². The van der Waals surface area contributed by atoms with Gasteiger partial charge in [-0.3, -0.25) is 14.3 Å². The lowest BCUT2D eigenvalue weighted by Crippen LogP contribution is -2.30. The molecule has 1 aromatic carbocycles. The number of hydrogen-bond donors (Lipinski definition) is 1. The van der Waals surface area contributed by atoms with E-state index >= 15 is 0 Å². The number of carbonyl (C=O) groups excluding carboxylic acids is 1. The third-order valence-electron chi connectivity index (χ3n) is 3.74. The zero-order chi connectivity index (χ0) is 16.6. The minimum Gasteiger partial charge on any atom is -0.324 e. The van der Waals surface area contributed by atoms with Gasteiger partial charge in [0.1, 0.15) is 12.1 Å². The number of para-hydroxylation sites is 1. The Morgan fingerprint density at radius 2 is 2.00 bits per heavy atom. The van der Waals surface area contributed by atoms with Gasteiger partial charge in [-0.25, -0.2) is 4.68 Å². The molecule has 0 bridgehead atoms. The topological polar surface area (TPSA) is 81.8 Å². The fourth-order valence-corrected chi connectivity index (χ4v) is 2.54. The van der Waals surface area contributed by atoms with Crippen LogP contribution in [0.3, 0.4) is 0 Å². The summed E-state index contributed by atoms with van der Waals surface area (Å²) in [5.74, 6) is -0.299. The minimum atomic E-state index is -0.328. The van der Waals surface area contributed by atoms with Crippen LogP contribution < -0.4 is 10.9 Å². The maximum atomic E-state index is 12.5. The Balaban J connectivity index is 1.88. The first kappa shape index (κ1) is 15.0. The summed E-state index contributed by atoms with van der Waals surface area (Å²) < 4.78 is 2.67. The van der Waals surface area contributed by atoms with Gasteiger partial charge in [-0.05, 0) is 25.5 Å². The van der Waals surface area contributed by atoms with E-state index in [0.29, 0.717) is 10.9 Å². The number of benzene rings is 1. The van der Waals surface area contributed by atoms with Gasteiger partial charge in [0.15, 0.2) is 0 Å². The summed E-state index contributed by atoms with van der Waals surface area (Å²) in [7, 11) is 1.70. The normalized spacial score (nSPS) is 10.9. The lowest BCUT2D eigenvalue weighted by atomic mass is 10.2. The van der Waals surface area contributed by atoms with Gasteiger partial charge in [-0.15, -0.1) is 0 Å². The van der Waals surface area contributed by atoms with Crippen LogP contribution in [0.25, 0.3) is 10.9 Å². The summed E-state index contributed by atoms with van der Waals surface area (Å²) in [6.07, 6.45) is 1.57. The molecule has 0 aliphatic heterocycles. The largest absolute Gasteiger partial charge is 0.324 e. The van der Waals surface area contributed by atoms with Crippen LogP contribution in [-0.4, -0.2) is 25.5 Å². The minimum absolute atomic E-state index is 0.146. The third kappa shape index (κ3) is 2.73. The van der Waals surface area contributed by atoms with E-state index in [1.807, 2.05) is 38.1 Å². The highest BCUT2D eigenvalue weighted by Crippen LogP contribution is 2.13. The smallest absolute Gasteiger partial charge is 0.293 e. The SMILES string of the molecule is Cc1ccccc1NC(=O)Cn1ncc2c(C)nn(C)c2c1=O. The number of aromatic nitrogens is 4. The van der Waals surface area contributed by atoms with E-state index in [1.165, 1.54) is 4.68 Å². The van der Waals surface area contributed by atoms with Crippen LogP contribution in [-0.2, 0) is 18.4 Å². The fourth-order valence-electron chi connectivity index (χ4n) is 2.54. The molecule has 3 rings (SSSR count). The summed E-state index contributed by atoms with van der Waals surface area (Å²) in [6, 6.07) is 7.47. The van der Waals surface area contributed by atoms with Crippen molar-refractivity contribution in [1.29, 1.82) is 0 Å². The van der Waals surface area contributed by atoms with Gasteiger partial charge < -0.3 is 5.32 Å². The summed E-state index contributed by atoms with van der Waals surface area (Å²) in [5.41, 5.74) is 2.54. The first-order valence-corrected chi connectivity index (χ1v) is 7.22. The zero-order valence-corrected chi connectivity index (χ0v) is 13.2. The number of rotatable bonds is 3. The van der Waals surface area contributed by atoms with Gasteiger partial charge in [-0.2, -0.15) is 10.2 Å². The number of amides is 1. The lowest BCUT2D eigenvalue weighted by molar-refractivity contribution is -0.117. The van der Waals surface area contributed by atoms with Crippen LogP contribution in [0.5, 0.6) is 0 Å². The van der Waals surface area contributed by atoms with Gasteiger partial charge in [0.25, 0.3) is 5.56 Å². The molecule has 2 heterocycles.